The predicted octanol–water partition coefficient (Wildman–Crippen LogP) is 5.66. The van der Waals surface area contributed by atoms with Gasteiger partial charge in [0.05, 0.1) is 31.5 Å². The van der Waals surface area contributed by atoms with Crippen molar-refractivity contribution in [2.24, 2.45) is 5.92 Å². The van der Waals surface area contributed by atoms with E-state index < -0.39 is 9.84 Å². The van der Waals surface area contributed by atoms with Crippen LogP contribution < -0.4 is 14.2 Å². The maximum atomic E-state index is 12.0. The molecule has 0 bridgehead atoms. The van der Waals surface area contributed by atoms with Gasteiger partial charge in [-0.2, -0.15) is 0 Å². The third kappa shape index (κ3) is 6.78. The summed E-state index contributed by atoms with van der Waals surface area (Å²) in [6, 6.07) is 18.2. The molecule has 0 amide bonds. The number of benzene rings is 3. The second-order valence-corrected chi connectivity index (χ2v) is 12.9. The highest BCUT2D eigenvalue weighted by atomic mass is 32.2. The largest absolute Gasteiger partial charge is 0.494 e. The molecule has 5 rings (SSSR count). The Morgan fingerprint density at radius 2 is 1.82 bits per heavy atom. The fraction of sp³-hybridized carbons (Fsp3) is 0.406. The number of aryl methyl sites for hydroxylation is 1. The minimum absolute atomic E-state index is 0.0256. The molecular formula is C32H36O7S. The molecular weight excluding hydrogens is 528 g/mol. The van der Waals surface area contributed by atoms with Gasteiger partial charge in [-0.1, -0.05) is 18.2 Å². The number of hydrogen-bond donors (Lipinski definition) is 0. The van der Waals surface area contributed by atoms with Crippen LogP contribution in [0, 0.1) is 12.8 Å². The van der Waals surface area contributed by atoms with Crippen molar-refractivity contribution in [3.05, 3.63) is 76.9 Å². The van der Waals surface area contributed by atoms with Crippen LogP contribution >= 0.6 is 0 Å². The van der Waals surface area contributed by atoms with E-state index >= 15 is 0 Å². The SMILES string of the molecule is CCOC(=O)[C@H]1C[C@@H]1c1ccc(OCc2ccc3c(c2)-c2c(C)cc(OCCCS(C)(=O)=O)cc2CCO3)cc1. The van der Waals surface area contributed by atoms with E-state index in [0.717, 1.165) is 63.5 Å². The average molecular weight is 565 g/mol. The van der Waals surface area contributed by atoms with Gasteiger partial charge >= 0.3 is 5.97 Å². The van der Waals surface area contributed by atoms with Gasteiger partial charge in [0.25, 0.3) is 0 Å². The lowest BCUT2D eigenvalue weighted by molar-refractivity contribution is -0.144. The van der Waals surface area contributed by atoms with Gasteiger partial charge in [-0.05, 0) is 96.8 Å². The van der Waals surface area contributed by atoms with Crippen LogP contribution in [0.3, 0.4) is 0 Å². The maximum Gasteiger partial charge on any atom is 0.309 e. The van der Waals surface area contributed by atoms with Gasteiger partial charge in [0.15, 0.2) is 0 Å². The number of fused-ring (bicyclic) bond motifs is 3. The first-order valence-electron chi connectivity index (χ1n) is 13.8. The number of carbonyl (C=O) groups excluding carboxylic acids is 1. The van der Waals surface area contributed by atoms with Crippen molar-refractivity contribution < 1.29 is 32.2 Å². The lowest BCUT2D eigenvalue weighted by Crippen LogP contribution is -2.08. The minimum Gasteiger partial charge on any atom is -0.494 e. The molecule has 3 aromatic carbocycles. The van der Waals surface area contributed by atoms with E-state index in [4.69, 9.17) is 18.9 Å². The molecule has 1 fully saturated rings. The summed E-state index contributed by atoms with van der Waals surface area (Å²) < 4.78 is 46.0. The minimum atomic E-state index is -3.00. The van der Waals surface area contributed by atoms with Crippen LogP contribution in [0.4, 0.5) is 0 Å². The third-order valence-electron chi connectivity index (χ3n) is 7.35. The fourth-order valence-electron chi connectivity index (χ4n) is 5.31. The lowest BCUT2D eigenvalue weighted by atomic mass is 9.92. The Balaban J connectivity index is 1.25. The molecule has 212 valence electrons. The molecule has 1 aliphatic heterocycles. The molecule has 0 radical (unpaired) electrons. The molecule has 0 N–H and O–H groups in total. The van der Waals surface area contributed by atoms with Crippen molar-refractivity contribution in [3.8, 4) is 28.4 Å². The molecule has 1 heterocycles. The first-order valence-corrected chi connectivity index (χ1v) is 15.9. The standard InChI is InChI=1S/C32H36O7S/c1-4-36-32(33)28-19-27(28)23-7-9-25(10-8-23)39-20-22-6-11-30-29(17-22)31-21(2)16-26(18-24(31)12-14-38-30)37-13-5-15-40(3,34)35/h6-11,16-18,27-28H,4-5,12-15,19-20H2,1-3H3/t27-,28+/m1/s1. The molecule has 0 aromatic heterocycles. The van der Waals surface area contributed by atoms with Gasteiger partial charge < -0.3 is 18.9 Å². The highest BCUT2D eigenvalue weighted by molar-refractivity contribution is 7.90. The summed E-state index contributed by atoms with van der Waals surface area (Å²) in [6.07, 6.45) is 3.29. The summed E-state index contributed by atoms with van der Waals surface area (Å²) in [4.78, 5) is 12.0. The molecule has 1 aliphatic carbocycles. The Hall–Kier alpha value is -3.52. The van der Waals surface area contributed by atoms with Crippen LogP contribution in [0.25, 0.3) is 11.1 Å². The van der Waals surface area contributed by atoms with Crippen LogP contribution in [0.5, 0.6) is 17.2 Å². The number of carbonyl (C=O) groups is 1. The van der Waals surface area contributed by atoms with Gasteiger partial charge in [0, 0.05) is 18.2 Å². The van der Waals surface area contributed by atoms with Crippen molar-refractivity contribution in [1.29, 1.82) is 0 Å². The highest BCUT2D eigenvalue weighted by Gasteiger charge is 2.45. The Morgan fingerprint density at radius 3 is 2.58 bits per heavy atom. The summed E-state index contributed by atoms with van der Waals surface area (Å²) in [6.45, 7) is 5.65. The molecule has 0 spiro atoms. The van der Waals surface area contributed by atoms with Gasteiger partial charge in [-0.25, -0.2) is 8.42 Å². The highest BCUT2D eigenvalue weighted by Crippen LogP contribution is 2.48. The first kappa shape index (κ1) is 28.0. The van der Waals surface area contributed by atoms with Crippen molar-refractivity contribution >= 4 is 15.8 Å². The molecule has 3 aromatic rings. The van der Waals surface area contributed by atoms with Crippen molar-refractivity contribution in [3.63, 3.8) is 0 Å². The van der Waals surface area contributed by atoms with Crippen LogP contribution in [0.1, 0.15) is 47.9 Å². The van der Waals surface area contributed by atoms with Crippen LogP contribution in [0.15, 0.2) is 54.6 Å². The molecule has 1 saturated carbocycles. The van der Waals surface area contributed by atoms with Crippen molar-refractivity contribution in [1.82, 2.24) is 0 Å². The maximum absolute atomic E-state index is 12.0. The smallest absolute Gasteiger partial charge is 0.309 e. The summed E-state index contributed by atoms with van der Waals surface area (Å²) in [7, 11) is -3.00. The normalized spacial score (nSPS) is 17.6. The quantitative estimate of drug-likeness (QED) is 0.219. The zero-order valence-electron chi connectivity index (χ0n) is 23.3. The molecule has 8 heteroatoms. The summed E-state index contributed by atoms with van der Waals surface area (Å²) in [5.74, 6) is 2.58. The Labute approximate surface area is 236 Å². The number of esters is 1. The molecule has 2 aliphatic rings. The van der Waals surface area contributed by atoms with E-state index in [-0.39, 0.29) is 23.6 Å². The van der Waals surface area contributed by atoms with Gasteiger partial charge in [-0.3, -0.25) is 4.79 Å². The Morgan fingerprint density at radius 1 is 1.02 bits per heavy atom. The Kier molecular flexibility index (Phi) is 8.35. The fourth-order valence-corrected chi connectivity index (χ4v) is 5.95. The Bertz CT molecular complexity index is 1480. The monoisotopic (exact) mass is 564 g/mol. The van der Waals surface area contributed by atoms with Gasteiger partial charge in [0.1, 0.15) is 33.7 Å². The third-order valence-corrected chi connectivity index (χ3v) is 8.38. The van der Waals surface area contributed by atoms with E-state index in [1.807, 2.05) is 55.5 Å². The molecule has 7 nitrogen and oxygen atoms in total. The van der Waals surface area contributed by atoms with E-state index in [1.54, 1.807) is 0 Å². The summed E-state index contributed by atoms with van der Waals surface area (Å²) in [5, 5.41) is 0. The predicted molar refractivity (Wildman–Crippen MR) is 154 cm³/mol. The second-order valence-electron chi connectivity index (χ2n) is 10.6. The zero-order valence-corrected chi connectivity index (χ0v) is 24.1. The van der Waals surface area contributed by atoms with Crippen molar-refractivity contribution in [2.45, 2.75) is 45.6 Å². The molecule has 2 atom stereocenters. The number of ether oxygens (including phenoxy) is 4. The van der Waals surface area contributed by atoms with E-state index in [9.17, 15) is 13.2 Å². The van der Waals surface area contributed by atoms with Crippen LogP contribution in [-0.4, -0.2) is 46.2 Å². The second kappa shape index (κ2) is 11.9. The lowest BCUT2D eigenvalue weighted by Gasteiger charge is -2.16. The first-order chi connectivity index (χ1) is 19.2. The van der Waals surface area contributed by atoms with E-state index in [0.29, 0.717) is 32.8 Å². The number of rotatable bonds is 11. The molecule has 40 heavy (non-hydrogen) atoms. The topological polar surface area (TPSA) is 88.1 Å². The van der Waals surface area contributed by atoms with E-state index in [2.05, 4.69) is 13.0 Å². The summed E-state index contributed by atoms with van der Waals surface area (Å²) >= 11 is 0. The van der Waals surface area contributed by atoms with Crippen molar-refractivity contribution in [2.75, 3.05) is 31.8 Å². The van der Waals surface area contributed by atoms with Crippen LogP contribution in [0.2, 0.25) is 0 Å². The van der Waals surface area contributed by atoms with Gasteiger partial charge in [-0.15, -0.1) is 0 Å². The number of hydrogen-bond acceptors (Lipinski definition) is 7. The zero-order chi connectivity index (χ0) is 28.3. The molecule has 0 saturated heterocycles. The summed E-state index contributed by atoms with van der Waals surface area (Å²) in [5.41, 5.74) is 6.57. The average Bonchev–Trinajstić information content (AvgIpc) is 3.73. The van der Waals surface area contributed by atoms with Gasteiger partial charge in [0.2, 0.25) is 0 Å². The number of sulfone groups is 1. The van der Waals surface area contributed by atoms with Crippen LogP contribution in [-0.2, 0) is 32.4 Å². The molecule has 0 unspecified atom stereocenters. The van der Waals surface area contributed by atoms with E-state index in [1.165, 1.54) is 6.26 Å².